The third-order valence-corrected chi connectivity index (χ3v) is 4.95. The molecule has 0 N–H and O–H groups in total. The fraction of sp³-hybridized carbons (Fsp3) is 0.217. The first kappa shape index (κ1) is 21.9. The summed E-state index contributed by atoms with van der Waals surface area (Å²) in [4.78, 5) is 13.4. The maximum Gasteiger partial charge on any atom is 0.414 e. The highest BCUT2D eigenvalue weighted by Gasteiger charge is 2.28. The molecule has 5 rings (SSSR count). The molecule has 4 aromatic rings. The summed E-state index contributed by atoms with van der Waals surface area (Å²) in [7, 11) is 3.29. The molecule has 0 spiro atoms. The van der Waals surface area contributed by atoms with Crippen LogP contribution in [0.1, 0.15) is 6.92 Å². The van der Waals surface area contributed by atoms with Gasteiger partial charge in [0.1, 0.15) is 29.5 Å². The van der Waals surface area contributed by atoms with Gasteiger partial charge in [0.2, 0.25) is 0 Å². The summed E-state index contributed by atoms with van der Waals surface area (Å²) in [5, 5.41) is 14.4. The summed E-state index contributed by atoms with van der Waals surface area (Å²) in [5.41, 5.74) is 2.74. The minimum absolute atomic E-state index is 0.0632. The Labute approximate surface area is 189 Å². The van der Waals surface area contributed by atoms with Gasteiger partial charge in [0, 0.05) is 22.2 Å². The molecule has 0 saturated carbocycles. The lowest BCUT2D eigenvalue weighted by atomic mass is 10.1. The van der Waals surface area contributed by atoms with Crippen LogP contribution in [0.25, 0.3) is 22.6 Å². The molecule has 1 unspecified atom stereocenters. The molecule has 2 aromatic heterocycles. The Morgan fingerprint density at radius 2 is 1.64 bits per heavy atom. The largest absolute Gasteiger partial charge is 0.497 e. The molecular weight excluding hydrogens is 428 g/mol. The second kappa shape index (κ2) is 9.43. The van der Waals surface area contributed by atoms with E-state index in [1.807, 2.05) is 61.5 Å². The first-order valence-electron chi connectivity index (χ1n) is 10.1. The zero-order chi connectivity index (χ0) is 23.4. The van der Waals surface area contributed by atoms with Gasteiger partial charge in [-0.05, 0) is 60.4 Å². The molecule has 0 saturated heterocycles. The maximum absolute atomic E-state index is 10.3. The van der Waals surface area contributed by atoms with Crippen LogP contribution in [0.2, 0.25) is 0 Å². The van der Waals surface area contributed by atoms with Gasteiger partial charge < -0.3 is 28.8 Å². The van der Waals surface area contributed by atoms with Gasteiger partial charge in [-0.1, -0.05) is 5.16 Å². The van der Waals surface area contributed by atoms with Crippen molar-refractivity contribution in [2.45, 2.75) is 19.6 Å². The van der Waals surface area contributed by atoms with Gasteiger partial charge in [-0.2, -0.15) is 0 Å². The van der Waals surface area contributed by atoms with Crippen molar-refractivity contribution < 1.29 is 23.7 Å². The molecule has 3 heterocycles. The van der Waals surface area contributed by atoms with Crippen molar-refractivity contribution in [1.29, 1.82) is 0 Å². The van der Waals surface area contributed by atoms with Crippen molar-refractivity contribution in [3.05, 3.63) is 70.9 Å². The number of hydrogen-bond donors (Lipinski definition) is 0. The van der Waals surface area contributed by atoms with Crippen molar-refractivity contribution in [3.63, 3.8) is 0 Å². The minimum atomic E-state index is -0.528. The zero-order valence-corrected chi connectivity index (χ0v) is 18.3. The smallest absolute Gasteiger partial charge is 0.414 e. The number of ether oxygens (including phenoxy) is 3. The lowest BCUT2D eigenvalue weighted by Crippen LogP contribution is -2.08. The highest BCUT2D eigenvalue weighted by molar-refractivity contribution is 5.67. The van der Waals surface area contributed by atoms with Crippen molar-refractivity contribution in [3.8, 4) is 40.1 Å². The Morgan fingerprint density at radius 1 is 1.03 bits per heavy atom. The lowest BCUT2D eigenvalue weighted by Gasteiger charge is -2.00. The average Bonchev–Trinajstić information content (AvgIpc) is 3.55. The SMILES string of the molecule is CC1Cn2cc([N+](=O)[O-])nc2O1.COc1ccc(-c2cc(-c3ccc(OC)cc3)on2)cc1. The van der Waals surface area contributed by atoms with E-state index < -0.39 is 4.92 Å². The van der Waals surface area contributed by atoms with Crippen LogP contribution in [-0.4, -0.2) is 40.0 Å². The van der Waals surface area contributed by atoms with E-state index in [-0.39, 0.29) is 11.9 Å². The summed E-state index contributed by atoms with van der Waals surface area (Å²) in [6.45, 7) is 2.52. The van der Waals surface area contributed by atoms with Gasteiger partial charge in [0.25, 0.3) is 0 Å². The van der Waals surface area contributed by atoms with Gasteiger partial charge in [-0.25, -0.2) is 0 Å². The Balaban J connectivity index is 0.000000183. The molecule has 1 atom stereocenters. The van der Waals surface area contributed by atoms with E-state index in [4.69, 9.17) is 18.7 Å². The molecule has 170 valence electrons. The fourth-order valence-corrected chi connectivity index (χ4v) is 3.26. The van der Waals surface area contributed by atoms with E-state index in [2.05, 4.69) is 10.1 Å². The Bertz CT molecular complexity index is 1150. The van der Waals surface area contributed by atoms with Crippen LogP contribution in [0.15, 0.2) is 65.3 Å². The number of aromatic nitrogens is 3. The van der Waals surface area contributed by atoms with E-state index in [0.717, 1.165) is 34.1 Å². The quantitative estimate of drug-likeness (QED) is 0.320. The van der Waals surface area contributed by atoms with Crippen molar-refractivity contribution in [2.24, 2.45) is 0 Å². The summed E-state index contributed by atoms with van der Waals surface area (Å²) in [6.07, 6.45) is 1.45. The zero-order valence-electron chi connectivity index (χ0n) is 18.3. The summed E-state index contributed by atoms with van der Waals surface area (Å²) in [5.74, 6) is 2.20. The topological polar surface area (TPSA) is 115 Å². The predicted molar refractivity (Wildman–Crippen MR) is 119 cm³/mol. The molecule has 0 radical (unpaired) electrons. The standard InChI is InChI=1S/C17H15NO3.C6H7N3O3/c1-19-14-7-3-12(4-8-14)16-11-17(21-18-16)13-5-9-15(20-2)10-6-13;1-4-2-8-3-5(9(10)11)7-6(8)12-4/h3-11H,1-2H3;3-4H,2H2,1H3. The molecule has 0 aliphatic carbocycles. The Morgan fingerprint density at radius 3 is 2.18 bits per heavy atom. The van der Waals surface area contributed by atoms with Crippen LogP contribution < -0.4 is 14.2 Å². The lowest BCUT2D eigenvalue weighted by molar-refractivity contribution is -0.389. The van der Waals surface area contributed by atoms with Gasteiger partial charge >= 0.3 is 11.8 Å². The third kappa shape index (κ3) is 4.95. The Kier molecular flexibility index (Phi) is 6.25. The third-order valence-electron chi connectivity index (χ3n) is 4.95. The highest BCUT2D eigenvalue weighted by Crippen LogP contribution is 2.28. The summed E-state index contributed by atoms with van der Waals surface area (Å²) in [6, 6.07) is 17.6. The van der Waals surface area contributed by atoms with E-state index in [1.54, 1.807) is 18.8 Å². The van der Waals surface area contributed by atoms with Gasteiger partial charge in [-0.15, -0.1) is 0 Å². The van der Waals surface area contributed by atoms with E-state index in [0.29, 0.717) is 12.6 Å². The number of fused-ring (bicyclic) bond motifs is 1. The molecule has 1 aliphatic heterocycles. The molecular formula is C23H22N4O6. The second-order valence-corrected chi connectivity index (χ2v) is 7.25. The molecule has 0 fully saturated rings. The molecule has 0 bridgehead atoms. The van der Waals surface area contributed by atoms with Crippen molar-refractivity contribution in [1.82, 2.24) is 14.7 Å². The molecule has 1 aliphatic rings. The number of benzene rings is 2. The van der Waals surface area contributed by atoms with Crippen LogP contribution in [-0.2, 0) is 6.54 Å². The van der Waals surface area contributed by atoms with Gasteiger partial charge in [0.15, 0.2) is 5.76 Å². The van der Waals surface area contributed by atoms with Crippen LogP contribution >= 0.6 is 0 Å². The van der Waals surface area contributed by atoms with Gasteiger partial charge in [-0.3, -0.25) is 4.57 Å². The van der Waals surface area contributed by atoms with E-state index in [1.165, 1.54) is 6.20 Å². The summed E-state index contributed by atoms with van der Waals surface area (Å²) >= 11 is 0. The molecule has 10 heteroatoms. The normalized spacial score (nSPS) is 14.0. The number of nitrogens with zero attached hydrogens (tertiary/aromatic N) is 4. The molecule has 10 nitrogen and oxygen atoms in total. The average molecular weight is 450 g/mol. The van der Waals surface area contributed by atoms with E-state index in [9.17, 15) is 10.1 Å². The minimum Gasteiger partial charge on any atom is -0.497 e. The van der Waals surface area contributed by atoms with Crippen molar-refractivity contribution in [2.75, 3.05) is 14.2 Å². The number of imidazole rings is 1. The van der Waals surface area contributed by atoms with Crippen LogP contribution in [0.5, 0.6) is 17.5 Å². The van der Waals surface area contributed by atoms with Crippen LogP contribution in [0.4, 0.5) is 5.82 Å². The fourth-order valence-electron chi connectivity index (χ4n) is 3.26. The number of hydrogen-bond acceptors (Lipinski definition) is 8. The second-order valence-electron chi connectivity index (χ2n) is 7.25. The maximum atomic E-state index is 10.3. The van der Waals surface area contributed by atoms with E-state index >= 15 is 0 Å². The molecule has 0 amide bonds. The van der Waals surface area contributed by atoms with Crippen LogP contribution in [0, 0.1) is 10.1 Å². The Hall–Kier alpha value is -4.34. The van der Waals surface area contributed by atoms with Gasteiger partial charge in [0.05, 0.1) is 20.8 Å². The first-order chi connectivity index (χ1) is 16.0. The number of rotatable bonds is 5. The molecule has 2 aromatic carbocycles. The highest BCUT2D eigenvalue weighted by atomic mass is 16.6. The predicted octanol–water partition coefficient (Wildman–Crippen LogP) is 4.60. The first-order valence-corrected chi connectivity index (χ1v) is 10.1. The van der Waals surface area contributed by atoms with Crippen LogP contribution in [0.3, 0.4) is 0 Å². The van der Waals surface area contributed by atoms with Crippen molar-refractivity contribution >= 4 is 5.82 Å². The number of nitro groups is 1. The number of methoxy groups -OCH3 is 2. The summed E-state index contributed by atoms with van der Waals surface area (Å²) < 4.78 is 22.5. The monoisotopic (exact) mass is 450 g/mol. The molecule has 33 heavy (non-hydrogen) atoms.